The van der Waals surface area contributed by atoms with Crippen molar-refractivity contribution in [3.63, 3.8) is 0 Å². The molecule has 0 radical (unpaired) electrons. The van der Waals surface area contributed by atoms with Crippen LogP contribution in [0.3, 0.4) is 0 Å². The quantitative estimate of drug-likeness (QED) is 0.555. The Bertz CT molecular complexity index is 1190. The predicted molar refractivity (Wildman–Crippen MR) is 142 cm³/mol. The van der Waals surface area contributed by atoms with Crippen LogP contribution < -0.4 is 10.6 Å². The first-order valence-corrected chi connectivity index (χ1v) is 12.5. The Balaban J connectivity index is 1.28. The fourth-order valence-electron chi connectivity index (χ4n) is 4.72. The molecule has 1 fully saturated rings. The summed E-state index contributed by atoms with van der Waals surface area (Å²) in [5.41, 5.74) is 3.12. The van der Waals surface area contributed by atoms with Crippen LogP contribution in [0.2, 0.25) is 5.02 Å². The highest BCUT2D eigenvalue weighted by Crippen LogP contribution is 2.29. The molecule has 0 saturated carbocycles. The number of halogens is 1. The first-order valence-electron chi connectivity index (χ1n) is 12.1. The monoisotopic (exact) mass is 501 g/mol. The molecule has 184 valence electrons. The van der Waals surface area contributed by atoms with Crippen molar-refractivity contribution in [1.82, 2.24) is 15.1 Å². The standard InChI is InChI=1S/C28H28ClN5O2/c29-22-11-13-23(14-12-22)30-27(36)24-19-25(35)32-28(31-24)34-17-15-33(16-18-34)26(20-7-3-1-4-8-20)21-9-5-2-6-10-21/h1-14,24,26H,15-19H2,(H,30,36)(H,31,32,35). The summed E-state index contributed by atoms with van der Waals surface area (Å²) in [5.74, 6) is -0.0419. The maximum atomic E-state index is 12.8. The van der Waals surface area contributed by atoms with Crippen LogP contribution in [0.15, 0.2) is 89.9 Å². The van der Waals surface area contributed by atoms with E-state index in [-0.39, 0.29) is 24.3 Å². The SMILES string of the molecule is O=C1CC(C(=O)Nc2ccc(Cl)cc2)N=C(N2CCN(C(c3ccccc3)c3ccccc3)CC2)N1. The Kier molecular flexibility index (Phi) is 7.30. The van der Waals surface area contributed by atoms with Crippen LogP contribution in [0.4, 0.5) is 5.69 Å². The Morgan fingerprint density at radius 2 is 1.47 bits per heavy atom. The predicted octanol–water partition coefficient (Wildman–Crippen LogP) is 3.93. The highest BCUT2D eigenvalue weighted by Gasteiger charge is 2.32. The zero-order valence-electron chi connectivity index (χ0n) is 19.8. The first kappa shape index (κ1) is 24.0. The second-order valence-electron chi connectivity index (χ2n) is 8.96. The number of carbonyl (C=O) groups excluding carboxylic acids is 2. The lowest BCUT2D eigenvalue weighted by Gasteiger charge is -2.41. The van der Waals surface area contributed by atoms with Gasteiger partial charge in [0.1, 0.15) is 6.04 Å². The largest absolute Gasteiger partial charge is 0.340 e. The molecule has 0 bridgehead atoms. The fourth-order valence-corrected chi connectivity index (χ4v) is 4.85. The lowest BCUT2D eigenvalue weighted by atomic mass is 9.96. The smallest absolute Gasteiger partial charge is 0.249 e. The lowest BCUT2D eigenvalue weighted by molar-refractivity contribution is -0.125. The minimum atomic E-state index is -0.774. The molecular formula is C28H28ClN5O2. The summed E-state index contributed by atoms with van der Waals surface area (Å²) in [7, 11) is 0. The Labute approximate surface area is 215 Å². The number of nitrogens with zero attached hydrogens (tertiary/aromatic N) is 3. The summed E-state index contributed by atoms with van der Waals surface area (Å²) in [5, 5.41) is 6.29. The van der Waals surface area contributed by atoms with Crippen molar-refractivity contribution in [3.05, 3.63) is 101 Å². The summed E-state index contributed by atoms with van der Waals surface area (Å²) >= 11 is 5.92. The van der Waals surface area contributed by atoms with Gasteiger partial charge in [0.2, 0.25) is 17.8 Å². The van der Waals surface area contributed by atoms with Crippen LogP contribution in [0.25, 0.3) is 0 Å². The Morgan fingerprint density at radius 1 is 0.889 bits per heavy atom. The zero-order chi connectivity index (χ0) is 24.9. The number of carbonyl (C=O) groups is 2. The van der Waals surface area contributed by atoms with Crippen molar-refractivity contribution in [2.24, 2.45) is 4.99 Å². The number of guanidine groups is 1. The van der Waals surface area contributed by atoms with E-state index in [2.05, 4.69) is 74.0 Å². The number of piperazine rings is 1. The van der Waals surface area contributed by atoms with E-state index in [4.69, 9.17) is 11.6 Å². The third-order valence-corrected chi connectivity index (χ3v) is 6.78. The number of aliphatic imine (C=N–C) groups is 1. The molecular weight excluding hydrogens is 474 g/mol. The van der Waals surface area contributed by atoms with E-state index in [0.29, 0.717) is 29.8 Å². The molecule has 0 aromatic heterocycles. The van der Waals surface area contributed by atoms with Crippen molar-refractivity contribution in [1.29, 1.82) is 0 Å². The van der Waals surface area contributed by atoms with Gasteiger partial charge in [-0.15, -0.1) is 0 Å². The summed E-state index contributed by atoms with van der Waals surface area (Å²) in [4.78, 5) is 34.4. The lowest BCUT2D eigenvalue weighted by Crippen LogP contribution is -2.56. The molecule has 2 aliphatic rings. The van der Waals surface area contributed by atoms with Crippen LogP contribution in [0.5, 0.6) is 0 Å². The molecule has 0 spiro atoms. The average Bonchev–Trinajstić information content (AvgIpc) is 2.91. The Morgan fingerprint density at radius 3 is 2.06 bits per heavy atom. The van der Waals surface area contributed by atoms with E-state index in [1.165, 1.54) is 11.1 Å². The molecule has 2 heterocycles. The van der Waals surface area contributed by atoms with Crippen molar-refractivity contribution in [2.75, 3.05) is 31.5 Å². The highest BCUT2D eigenvalue weighted by atomic mass is 35.5. The van der Waals surface area contributed by atoms with Gasteiger partial charge in [0, 0.05) is 36.9 Å². The van der Waals surface area contributed by atoms with Gasteiger partial charge in [-0.3, -0.25) is 19.8 Å². The number of rotatable bonds is 5. The van der Waals surface area contributed by atoms with Gasteiger partial charge in [0.05, 0.1) is 12.5 Å². The molecule has 1 unspecified atom stereocenters. The van der Waals surface area contributed by atoms with Gasteiger partial charge in [-0.1, -0.05) is 72.3 Å². The normalized spacial score (nSPS) is 18.5. The molecule has 3 aromatic carbocycles. The molecule has 5 rings (SSSR count). The van der Waals surface area contributed by atoms with E-state index in [1.54, 1.807) is 24.3 Å². The van der Waals surface area contributed by atoms with Crippen LogP contribution in [0.1, 0.15) is 23.6 Å². The van der Waals surface area contributed by atoms with E-state index in [9.17, 15) is 9.59 Å². The summed E-state index contributed by atoms with van der Waals surface area (Å²) in [6, 6.07) is 27.3. The van der Waals surface area contributed by atoms with Crippen LogP contribution in [0, 0.1) is 0 Å². The van der Waals surface area contributed by atoms with Gasteiger partial charge < -0.3 is 10.2 Å². The van der Waals surface area contributed by atoms with Gasteiger partial charge in [0.15, 0.2) is 0 Å². The topological polar surface area (TPSA) is 77.0 Å². The van der Waals surface area contributed by atoms with Crippen molar-refractivity contribution >= 4 is 35.1 Å². The summed E-state index contributed by atoms with van der Waals surface area (Å²) in [6.45, 7) is 2.98. The van der Waals surface area contributed by atoms with Gasteiger partial charge in [-0.2, -0.15) is 0 Å². The molecule has 1 atom stereocenters. The van der Waals surface area contributed by atoms with Crippen LogP contribution >= 0.6 is 11.6 Å². The minimum absolute atomic E-state index is 0.0208. The van der Waals surface area contributed by atoms with Crippen molar-refractivity contribution in [2.45, 2.75) is 18.5 Å². The van der Waals surface area contributed by atoms with Gasteiger partial charge in [0.25, 0.3) is 0 Å². The van der Waals surface area contributed by atoms with Gasteiger partial charge in [-0.25, -0.2) is 4.99 Å². The van der Waals surface area contributed by atoms with E-state index < -0.39 is 6.04 Å². The number of benzene rings is 3. The molecule has 2 amide bonds. The Hall–Kier alpha value is -3.68. The summed E-state index contributed by atoms with van der Waals surface area (Å²) < 4.78 is 0. The maximum Gasteiger partial charge on any atom is 0.249 e. The molecule has 1 saturated heterocycles. The third-order valence-electron chi connectivity index (χ3n) is 6.53. The second-order valence-corrected chi connectivity index (χ2v) is 9.40. The number of nitrogens with one attached hydrogen (secondary N) is 2. The minimum Gasteiger partial charge on any atom is -0.340 e. The zero-order valence-corrected chi connectivity index (χ0v) is 20.6. The van der Waals surface area contributed by atoms with E-state index in [1.807, 2.05) is 12.1 Å². The molecule has 3 aromatic rings. The van der Waals surface area contributed by atoms with Crippen LogP contribution in [-0.2, 0) is 9.59 Å². The number of hydrogen-bond acceptors (Lipinski definition) is 5. The average molecular weight is 502 g/mol. The van der Waals surface area contributed by atoms with Crippen molar-refractivity contribution < 1.29 is 9.59 Å². The van der Waals surface area contributed by atoms with Crippen molar-refractivity contribution in [3.8, 4) is 0 Å². The third kappa shape index (κ3) is 5.58. The number of hydrogen-bond donors (Lipinski definition) is 2. The van der Waals surface area contributed by atoms with E-state index >= 15 is 0 Å². The molecule has 2 aliphatic heterocycles. The van der Waals surface area contributed by atoms with Crippen LogP contribution in [-0.4, -0.2) is 59.8 Å². The fraction of sp³-hybridized carbons (Fsp3) is 0.250. The molecule has 8 heteroatoms. The molecule has 2 N–H and O–H groups in total. The first-order chi connectivity index (χ1) is 17.6. The summed E-state index contributed by atoms with van der Waals surface area (Å²) in [6.07, 6.45) is 0.0208. The molecule has 0 aliphatic carbocycles. The molecule has 36 heavy (non-hydrogen) atoms. The highest BCUT2D eigenvalue weighted by molar-refractivity contribution is 6.30. The van der Waals surface area contributed by atoms with Gasteiger partial charge in [-0.05, 0) is 35.4 Å². The van der Waals surface area contributed by atoms with Gasteiger partial charge >= 0.3 is 0 Å². The maximum absolute atomic E-state index is 12.8. The van der Waals surface area contributed by atoms with E-state index in [0.717, 1.165) is 13.1 Å². The number of anilines is 1. The molecule has 7 nitrogen and oxygen atoms in total. The number of amides is 2. The second kappa shape index (κ2) is 10.9.